The fraction of sp³-hybridized carbons (Fsp3) is 0.588. The van der Waals surface area contributed by atoms with Gasteiger partial charge in [-0.2, -0.15) is 0 Å². The number of hydrogen-bond donors (Lipinski definition) is 2. The molecule has 1 fully saturated rings. The molecule has 0 bridgehead atoms. The van der Waals surface area contributed by atoms with Gasteiger partial charge in [-0.25, -0.2) is 8.42 Å². The van der Waals surface area contributed by atoms with Gasteiger partial charge in [0.05, 0.1) is 4.90 Å². The van der Waals surface area contributed by atoms with Crippen LogP contribution in [0.3, 0.4) is 0 Å². The second kappa shape index (κ2) is 8.83. The fourth-order valence-corrected chi connectivity index (χ4v) is 3.88. The molecule has 7 heteroatoms. The molecule has 1 amide bonds. The summed E-state index contributed by atoms with van der Waals surface area (Å²) in [7, 11) is -3.33. The van der Waals surface area contributed by atoms with Gasteiger partial charge in [0.15, 0.2) is 9.84 Å². The standard InChI is InChI=1S/C17H26N2O3S.ClH/c1-12-8-9-14(23(2,21)22)10-15(12)17(20)19-16(11-18)13-6-4-3-5-7-13;/h8-10,13,16H,3-7,11,18H2,1-2H3,(H,19,20);1H. The maximum Gasteiger partial charge on any atom is 0.251 e. The van der Waals surface area contributed by atoms with Gasteiger partial charge in [0.1, 0.15) is 0 Å². The lowest BCUT2D eigenvalue weighted by molar-refractivity contribution is 0.0914. The van der Waals surface area contributed by atoms with Crippen molar-refractivity contribution in [2.75, 3.05) is 12.8 Å². The highest BCUT2D eigenvalue weighted by atomic mass is 35.5. The zero-order chi connectivity index (χ0) is 17.0. The van der Waals surface area contributed by atoms with Gasteiger partial charge in [-0.05, 0) is 43.4 Å². The van der Waals surface area contributed by atoms with Crippen molar-refractivity contribution in [3.8, 4) is 0 Å². The number of benzene rings is 1. The van der Waals surface area contributed by atoms with Gasteiger partial charge in [0.25, 0.3) is 5.91 Å². The molecule has 2 rings (SSSR count). The summed E-state index contributed by atoms with van der Waals surface area (Å²) >= 11 is 0. The molecule has 0 aromatic heterocycles. The molecule has 1 atom stereocenters. The lowest BCUT2D eigenvalue weighted by Crippen LogP contribution is -2.46. The maximum absolute atomic E-state index is 12.6. The van der Waals surface area contributed by atoms with E-state index >= 15 is 0 Å². The summed E-state index contributed by atoms with van der Waals surface area (Å²) in [6.07, 6.45) is 6.93. The van der Waals surface area contributed by atoms with E-state index in [1.54, 1.807) is 13.0 Å². The lowest BCUT2D eigenvalue weighted by Gasteiger charge is -2.30. The molecule has 5 nitrogen and oxygen atoms in total. The average molecular weight is 375 g/mol. The number of aryl methyl sites for hydroxylation is 1. The van der Waals surface area contributed by atoms with Crippen molar-refractivity contribution >= 4 is 28.2 Å². The first-order chi connectivity index (χ1) is 10.8. The third-order valence-electron chi connectivity index (χ3n) is 4.67. The van der Waals surface area contributed by atoms with Crippen LogP contribution in [0.5, 0.6) is 0 Å². The largest absolute Gasteiger partial charge is 0.348 e. The first kappa shape index (κ1) is 20.9. The van der Waals surface area contributed by atoms with Crippen LogP contribution in [0, 0.1) is 12.8 Å². The van der Waals surface area contributed by atoms with Crippen molar-refractivity contribution in [1.82, 2.24) is 5.32 Å². The Kier molecular flexibility index (Phi) is 7.70. The molecule has 1 saturated carbocycles. The fourth-order valence-electron chi connectivity index (χ4n) is 3.23. The van der Waals surface area contributed by atoms with Gasteiger partial charge < -0.3 is 11.1 Å². The van der Waals surface area contributed by atoms with Crippen LogP contribution >= 0.6 is 12.4 Å². The SMILES string of the molecule is Cc1ccc(S(C)(=O)=O)cc1C(=O)NC(CN)C1CCCCC1.Cl. The van der Waals surface area contributed by atoms with E-state index in [4.69, 9.17) is 5.73 Å². The number of amides is 1. The van der Waals surface area contributed by atoms with Crippen LogP contribution < -0.4 is 11.1 Å². The van der Waals surface area contributed by atoms with Gasteiger partial charge in [-0.15, -0.1) is 12.4 Å². The number of sulfone groups is 1. The van der Waals surface area contributed by atoms with Crippen LogP contribution in [0.2, 0.25) is 0 Å². The quantitative estimate of drug-likeness (QED) is 0.828. The Morgan fingerprint density at radius 3 is 2.46 bits per heavy atom. The van der Waals surface area contributed by atoms with Crippen molar-refractivity contribution in [2.45, 2.75) is 50.0 Å². The van der Waals surface area contributed by atoms with Crippen molar-refractivity contribution in [1.29, 1.82) is 0 Å². The Balaban J connectivity index is 0.00000288. The van der Waals surface area contributed by atoms with Crippen LogP contribution in [-0.4, -0.2) is 33.2 Å². The van der Waals surface area contributed by atoms with Crippen LogP contribution in [0.4, 0.5) is 0 Å². The van der Waals surface area contributed by atoms with E-state index in [9.17, 15) is 13.2 Å². The smallest absolute Gasteiger partial charge is 0.251 e. The average Bonchev–Trinajstić information content (AvgIpc) is 2.52. The third kappa shape index (κ3) is 5.19. The molecule has 3 N–H and O–H groups in total. The summed E-state index contributed by atoms with van der Waals surface area (Å²) in [4.78, 5) is 12.8. The molecule has 136 valence electrons. The van der Waals surface area contributed by atoms with Crippen LogP contribution in [0.15, 0.2) is 23.1 Å². The minimum Gasteiger partial charge on any atom is -0.348 e. The number of carbonyl (C=O) groups is 1. The molecule has 0 radical (unpaired) electrons. The molecule has 1 aliphatic carbocycles. The Hall–Kier alpha value is -1.11. The summed E-state index contributed by atoms with van der Waals surface area (Å²) in [5.41, 5.74) is 7.02. The Bertz CT molecular complexity index is 670. The summed E-state index contributed by atoms with van der Waals surface area (Å²) in [6, 6.07) is 4.60. The Morgan fingerprint density at radius 2 is 1.92 bits per heavy atom. The first-order valence-electron chi connectivity index (χ1n) is 8.14. The number of halogens is 1. The normalized spacial score (nSPS) is 17.0. The minimum atomic E-state index is -3.33. The van der Waals surface area contributed by atoms with E-state index in [2.05, 4.69) is 5.32 Å². The molecular formula is C17H27ClN2O3S. The van der Waals surface area contributed by atoms with E-state index < -0.39 is 9.84 Å². The minimum absolute atomic E-state index is 0. The number of nitrogens with two attached hydrogens (primary N) is 1. The topological polar surface area (TPSA) is 89.3 Å². The number of rotatable bonds is 5. The van der Waals surface area contributed by atoms with E-state index in [0.717, 1.165) is 24.7 Å². The zero-order valence-corrected chi connectivity index (χ0v) is 15.9. The molecular weight excluding hydrogens is 348 g/mol. The van der Waals surface area contributed by atoms with Gasteiger partial charge in [-0.3, -0.25) is 4.79 Å². The zero-order valence-electron chi connectivity index (χ0n) is 14.2. The third-order valence-corrected chi connectivity index (χ3v) is 5.78. The van der Waals surface area contributed by atoms with Gasteiger partial charge >= 0.3 is 0 Å². The lowest BCUT2D eigenvalue weighted by atomic mass is 9.83. The Labute approximate surface area is 150 Å². The van der Waals surface area contributed by atoms with E-state index in [1.807, 2.05) is 0 Å². The van der Waals surface area contributed by atoms with Crippen molar-refractivity contribution in [2.24, 2.45) is 11.7 Å². The van der Waals surface area contributed by atoms with Crippen molar-refractivity contribution in [3.05, 3.63) is 29.3 Å². The second-order valence-corrected chi connectivity index (χ2v) is 8.48. The Morgan fingerprint density at radius 1 is 1.29 bits per heavy atom. The van der Waals surface area contributed by atoms with Gasteiger partial charge in [0, 0.05) is 24.4 Å². The molecule has 1 aliphatic rings. The molecule has 0 spiro atoms. The maximum atomic E-state index is 12.6. The van der Waals surface area contributed by atoms with Crippen molar-refractivity contribution in [3.63, 3.8) is 0 Å². The summed E-state index contributed by atoms with van der Waals surface area (Å²) in [5.74, 6) is 0.171. The van der Waals surface area contributed by atoms with Gasteiger partial charge in [-0.1, -0.05) is 25.3 Å². The number of hydrogen-bond acceptors (Lipinski definition) is 4. The van der Waals surface area contributed by atoms with Crippen LogP contribution in [0.1, 0.15) is 48.0 Å². The number of carbonyl (C=O) groups excluding carboxylic acids is 1. The predicted octanol–water partition coefficient (Wildman–Crippen LogP) is 2.46. The molecule has 0 aliphatic heterocycles. The van der Waals surface area contributed by atoms with Crippen molar-refractivity contribution < 1.29 is 13.2 Å². The second-order valence-electron chi connectivity index (χ2n) is 6.46. The number of nitrogens with one attached hydrogen (secondary N) is 1. The monoisotopic (exact) mass is 374 g/mol. The predicted molar refractivity (Wildman–Crippen MR) is 98.4 cm³/mol. The molecule has 1 unspecified atom stereocenters. The molecule has 0 saturated heterocycles. The molecule has 1 aromatic rings. The van der Waals surface area contributed by atoms with Gasteiger partial charge in [0.2, 0.25) is 0 Å². The highest BCUT2D eigenvalue weighted by Crippen LogP contribution is 2.26. The van der Waals surface area contributed by atoms with Crippen LogP contribution in [0.25, 0.3) is 0 Å². The highest BCUT2D eigenvalue weighted by molar-refractivity contribution is 7.90. The summed E-state index contributed by atoms with van der Waals surface area (Å²) < 4.78 is 23.4. The highest BCUT2D eigenvalue weighted by Gasteiger charge is 2.25. The molecule has 0 heterocycles. The summed E-state index contributed by atoms with van der Waals surface area (Å²) in [6.45, 7) is 2.21. The van der Waals surface area contributed by atoms with Crippen LogP contribution in [-0.2, 0) is 9.84 Å². The first-order valence-corrected chi connectivity index (χ1v) is 10.0. The molecule has 1 aromatic carbocycles. The van der Waals surface area contributed by atoms with E-state index in [-0.39, 0.29) is 29.3 Å². The summed E-state index contributed by atoms with van der Waals surface area (Å²) in [5, 5.41) is 3.01. The molecule has 24 heavy (non-hydrogen) atoms. The van der Waals surface area contributed by atoms with E-state index in [0.29, 0.717) is 18.0 Å². The van der Waals surface area contributed by atoms with E-state index in [1.165, 1.54) is 31.4 Å².